The molecule has 1 nitrogen and oxygen atoms in total. The first-order valence-corrected chi connectivity index (χ1v) is 5.16. The molecule has 0 aromatic heterocycles. The molecule has 0 unspecified atom stereocenters. The van der Waals surface area contributed by atoms with Crippen LogP contribution in [0.2, 0.25) is 0 Å². The zero-order valence-corrected chi connectivity index (χ0v) is 9.10. The van der Waals surface area contributed by atoms with E-state index in [9.17, 15) is 4.39 Å². The van der Waals surface area contributed by atoms with Gasteiger partial charge in [0.15, 0.2) is 0 Å². The predicted octanol–water partition coefficient (Wildman–Crippen LogP) is 3.73. The lowest BCUT2D eigenvalue weighted by Crippen LogP contribution is -2.15. The molecule has 0 aliphatic rings. The summed E-state index contributed by atoms with van der Waals surface area (Å²) in [5, 5.41) is 3.18. The van der Waals surface area contributed by atoms with E-state index in [4.69, 9.17) is 0 Å². The van der Waals surface area contributed by atoms with Gasteiger partial charge in [0, 0.05) is 6.04 Å². The lowest BCUT2D eigenvalue weighted by molar-refractivity contribution is 0.620. The van der Waals surface area contributed by atoms with Gasteiger partial charge in [-0.05, 0) is 38.0 Å². The Morgan fingerprint density at radius 3 is 2.79 bits per heavy atom. The topological polar surface area (TPSA) is 12.0 Å². The Morgan fingerprint density at radius 1 is 1.43 bits per heavy atom. The van der Waals surface area contributed by atoms with Gasteiger partial charge in [0.05, 0.1) is 5.69 Å². The van der Waals surface area contributed by atoms with Gasteiger partial charge < -0.3 is 5.32 Å². The fraction of sp³-hybridized carbons (Fsp3) is 0.500. The largest absolute Gasteiger partial charge is 0.380 e. The third-order valence-electron chi connectivity index (χ3n) is 2.25. The van der Waals surface area contributed by atoms with Crippen LogP contribution in [0.15, 0.2) is 18.2 Å². The fourth-order valence-electron chi connectivity index (χ4n) is 1.52. The van der Waals surface area contributed by atoms with Crippen molar-refractivity contribution < 1.29 is 4.39 Å². The summed E-state index contributed by atoms with van der Waals surface area (Å²) in [6, 6.07) is 5.47. The molecule has 0 saturated heterocycles. The van der Waals surface area contributed by atoms with Crippen LogP contribution in [0.3, 0.4) is 0 Å². The second kappa shape index (κ2) is 4.99. The molecule has 1 aromatic carbocycles. The van der Waals surface area contributed by atoms with Gasteiger partial charge in [-0.1, -0.05) is 19.4 Å². The van der Waals surface area contributed by atoms with E-state index in [1.54, 1.807) is 6.07 Å². The highest BCUT2D eigenvalue weighted by atomic mass is 19.1. The Labute approximate surface area is 85.3 Å². The van der Waals surface area contributed by atoms with Crippen molar-refractivity contribution in [3.63, 3.8) is 0 Å². The Hall–Kier alpha value is -1.05. The zero-order chi connectivity index (χ0) is 10.6. The van der Waals surface area contributed by atoms with Gasteiger partial charge in [0.2, 0.25) is 0 Å². The van der Waals surface area contributed by atoms with Crippen molar-refractivity contribution in [2.45, 2.75) is 39.7 Å². The quantitative estimate of drug-likeness (QED) is 0.771. The number of aryl methyl sites for hydroxylation is 1. The highest BCUT2D eigenvalue weighted by molar-refractivity contribution is 5.47. The molecule has 0 saturated carbocycles. The summed E-state index contributed by atoms with van der Waals surface area (Å²) in [4.78, 5) is 0. The summed E-state index contributed by atoms with van der Waals surface area (Å²) >= 11 is 0. The summed E-state index contributed by atoms with van der Waals surface area (Å²) in [5.41, 5.74) is 1.70. The van der Waals surface area contributed by atoms with Gasteiger partial charge in [-0.25, -0.2) is 4.39 Å². The fourth-order valence-corrected chi connectivity index (χ4v) is 1.52. The highest BCUT2D eigenvalue weighted by Gasteiger charge is 2.05. The summed E-state index contributed by atoms with van der Waals surface area (Å²) in [7, 11) is 0. The minimum Gasteiger partial charge on any atom is -0.380 e. The normalized spacial score (nSPS) is 12.6. The molecule has 2 heteroatoms. The van der Waals surface area contributed by atoms with Gasteiger partial charge in [-0.3, -0.25) is 0 Å². The van der Waals surface area contributed by atoms with Crippen molar-refractivity contribution >= 4 is 5.69 Å². The molecule has 0 aliphatic heterocycles. The van der Waals surface area contributed by atoms with Crippen molar-refractivity contribution in [2.75, 3.05) is 5.32 Å². The summed E-state index contributed by atoms with van der Waals surface area (Å²) in [6.45, 7) is 6.17. The number of hydrogen-bond acceptors (Lipinski definition) is 1. The van der Waals surface area contributed by atoms with Gasteiger partial charge >= 0.3 is 0 Å². The van der Waals surface area contributed by atoms with Crippen LogP contribution in [0, 0.1) is 12.7 Å². The van der Waals surface area contributed by atoms with E-state index in [1.807, 2.05) is 13.0 Å². The minimum atomic E-state index is -0.168. The number of anilines is 1. The molecule has 1 aromatic rings. The van der Waals surface area contributed by atoms with Crippen molar-refractivity contribution in [3.8, 4) is 0 Å². The first-order chi connectivity index (χ1) is 6.63. The Kier molecular flexibility index (Phi) is 3.93. The number of hydrogen-bond donors (Lipinski definition) is 1. The molecule has 1 N–H and O–H groups in total. The van der Waals surface area contributed by atoms with E-state index < -0.39 is 0 Å². The Bertz CT molecular complexity index is 296. The van der Waals surface area contributed by atoms with Crippen LogP contribution in [-0.2, 0) is 0 Å². The van der Waals surface area contributed by atoms with Crippen LogP contribution in [0.4, 0.5) is 10.1 Å². The molecule has 78 valence electrons. The Morgan fingerprint density at radius 2 is 2.14 bits per heavy atom. The van der Waals surface area contributed by atoms with Crippen molar-refractivity contribution in [1.29, 1.82) is 0 Å². The molecule has 0 amide bonds. The molecule has 0 heterocycles. The van der Waals surface area contributed by atoms with Crippen molar-refractivity contribution in [1.82, 2.24) is 0 Å². The van der Waals surface area contributed by atoms with Crippen LogP contribution in [0.1, 0.15) is 32.3 Å². The molecule has 1 atom stereocenters. The zero-order valence-electron chi connectivity index (χ0n) is 9.10. The monoisotopic (exact) mass is 195 g/mol. The maximum atomic E-state index is 13.3. The van der Waals surface area contributed by atoms with Crippen LogP contribution >= 0.6 is 0 Å². The van der Waals surface area contributed by atoms with E-state index in [1.165, 1.54) is 6.07 Å². The molecule has 0 aliphatic carbocycles. The maximum absolute atomic E-state index is 13.3. The average molecular weight is 195 g/mol. The molecule has 1 rings (SSSR count). The van der Waals surface area contributed by atoms with Gasteiger partial charge in [-0.2, -0.15) is 0 Å². The first kappa shape index (κ1) is 11.0. The van der Waals surface area contributed by atoms with Crippen LogP contribution < -0.4 is 5.32 Å². The third kappa shape index (κ3) is 3.02. The molecule has 0 radical (unpaired) electrons. The smallest absolute Gasteiger partial charge is 0.146 e. The SMILES string of the molecule is CCC[C@H](C)Nc1cc(C)ccc1F. The van der Waals surface area contributed by atoms with Gasteiger partial charge in [-0.15, -0.1) is 0 Å². The molecule has 0 spiro atoms. The van der Waals surface area contributed by atoms with E-state index in [0.29, 0.717) is 11.7 Å². The second-order valence-corrected chi connectivity index (χ2v) is 3.82. The highest BCUT2D eigenvalue weighted by Crippen LogP contribution is 2.17. The maximum Gasteiger partial charge on any atom is 0.146 e. The van der Waals surface area contributed by atoms with E-state index in [-0.39, 0.29) is 5.82 Å². The molecule has 14 heavy (non-hydrogen) atoms. The lowest BCUT2D eigenvalue weighted by atomic mass is 10.1. The summed E-state index contributed by atoms with van der Waals surface area (Å²) < 4.78 is 13.3. The van der Waals surface area contributed by atoms with Crippen LogP contribution in [0.25, 0.3) is 0 Å². The second-order valence-electron chi connectivity index (χ2n) is 3.82. The summed E-state index contributed by atoms with van der Waals surface area (Å²) in [5.74, 6) is -0.168. The minimum absolute atomic E-state index is 0.168. The number of nitrogens with one attached hydrogen (secondary N) is 1. The van der Waals surface area contributed by atoms with Gasteiger partial charge in [0.25, 0.3) is 0 Å². The number of halogens is 1. The molecular weight excluding hydrogens is 177 g/mol. The molecule has 0 bridgehead atoms. The average Bonchev–Trinajstić information content (AvgIpc) is 2.12. The van der Waals surface area contributed by atoms with E-state index >= 15 is 0 Å². The standard InChI is InChI=1S/C12H18FN/c1-4-5-10(3)14-12-8-9(2)6-7-11(12)13/h6-8,10,14H,4-5H2,1-3H3/t10-/m0/s1. The van der Waals surface area contributed by atoms with Gasteiger partial charge in [0.1, 0.15) is 5.82 Å². The van der Waals surface area contributed by atoms with E-state index in [0.717, 1.165) is 18.4 Å². The van der Waals surface area contributed by atoms with Crippen molar-refractivity contribution in [3.05, 3.63) is 29.6 Å². The predicted molar refractivity (Wildman–Crippen MR) is 59.1 cm³/mol. The molecule has 0 fully saturated rings. The lowest BCUT2D eigenvalue weighted by Gasteiger charge is -2.15. The first-order valence-electron chi connectivity index (χ1n) is 5.16. The van der Waals surface area contributed by atoms with Crippen LogP contribution in [0.5, 0.6) is 0 Å². The number of rotatable bonds is 4. The van der Waals surface area contributed by atoms with Crippen molar-refractivity contribution in [2.24, 2.45) is 0 Å². The molecular formula is C12H18FN. The van der Waals surface area contributed by atoms with Crippen LogP contribution in [-0.4, -0.2) is 6.04 Å². The summed E-state index contributed by atoms with van der Waals surface area (Å²) in [6.07, 6.45) is 2.18. The Balaban J connectivity index is 2.70. The number of benzene rings is 1. The van der Waals surface area contributed by atoms with E-state index in [2.05, 4.69) is 19.2 Å². The third-order valence-corrected chi connectivity index (χ3v) is 2.25.